The summed E-state index contributed by atoms with van der Waals surface area (Å²) in [5.74, 6) is 0.438. The van der Waals surface area contributed by atoms with E-state index < -0.39 is 11.7 Å². The zero-order valence-corrected chi connectivity index (χ0v) is 18.4. The average Bonchev–Trinajstić information content (AvgIpc) is 2.72. The van der Waals surface area contributed by atoms with E-state index in [-0.39, 0.29) is 11.8 Å². The van der Waals surface area contributed by atoms with Gasteiger partial charge in [0.1, 0.15) is 17.1 Å². The van der Waals surface area contributed by atoms with E-state index in [9.17, 15) is 13.2 Å². The van der Waals surface area contributed by atoms with Crippen molar-refractivity contribution in [3.8, 4) is 5.75 Å². The highest BCUT2D eigenvalue weighted by Crippen LogP contribution is 2.35. The number of hydrogen-bond donors (Lipinski definition) is 2. The Labute approximate surface area is 187 Å². The smallest absolute Gasteiger partial charge is 0.421 e. The normalized spacial score (nSPS) is 11.3. The lowest BCUT2D eigenvalue weighted by Gasteiger charge is -2.15. The summed E-state index contributed by atoms with van der Waals surface area (Å²) >= 11 is 3.30. The highest BCUT2D eigenvalue weighted by Gasteiger charge is 2.35. The fourth-order valence-electron chi connectivity index (χ4n) is 2.75. The first kappa shape index (κ1) is 22.9. The maximum Gasteiger partial charge on any atom is 0.421 e. The second-order valence-corrected chi connectivity index (χ2v) is 7.71. The van der Waals surface area contributed by atoms with Crippen molar-refractivity contribution >= 4 is 39.1 Å². The molecule has 0 aliphatic carbocycles. The van der Waals surface area contributed by atoms with Gasteiger partial charge >= 0.3 is 6.18 Å². The van der Waals surface area contributed by atoms with Crippen molar-refractivity contribution < 1.29 is 17.9 Å². The van der Waals surface area contributed by atoms with Crippen molar-refractivity contribution in [2.45, 2.75) is 32.4 Å². The van der Waals surface area contributed by atoms with E-state index in [0.717, 1.165) is 35.7 Å². The highest BCUT2D eigenvalue weighted by molar-refractivity contribution is 9.10. The lowest BCUT2D eigenvalue weighted by Crippen LogP contribution is -2.12. The summed E-state index contributed by atoms with van der Waals surface area (Å²) in [5, 5.41) is 5.66. The van der Waals surface area contributed by atoms with E-state index in [4.69, 9.17) is 4.74 Å². The molecule has 0 amide bonds. The summed E-state index contributed by atoms with van der Waals surface area (Å²) < 4.78 is 46.7. The third kappa shape index (κ3) is 6.85. The molecule has 1 heterocycles. The first-order valence-electron chi connectivity index (χ1n) is 9.82. The Hall–Kier alpha value is -2.81. The van der Waals surface area contributed by atoms with Gasteiger partial charge in [0.2, 0.25) is 5.95 Å². The van der Waals surface area contributed by atoms with Crippen LogP contribution in [-0.2, 0) is 6.18 Å². The van der Waals surface area contributed by atoms with Crippen LogP contribution in [0, 0.1) is 0 Å². The first-order chi connectivity index (χ1) is 14.8. The predicted molar refractivity (Wildman–Crippen MR) is 119 cm³/mol. The molecule has 1 aromatic heterocycles. The average molecular weight is 495 g/mol. The fourth-order valence-corrected chi connectivity index (χ4v) is 3.15. The summed E-state index contributed by atoms with van der Waals surface area (Å²) in [4.78, 5) is 7.88. The Kier molecular flexibility index (Phi) is 7.73. The van der Waals surface area contributed by atoms with Crippen LogP contribution in [0.4, 0.5) is 36.3 Å². The highest BCUT2D eigenvalue weighted by atomic mass is 79.9. The van der Waals surface area contributed by atoms with Gasteiger partial charge in [-0.1, -0.05) is 41.8 Å². The quantitative estimate of drug-likeness (QED) is 0.305. The zero-order chi connectivity index (χ0) is 22.3. The van der Waals surface area contributed by atoms with Crippen molar-refractivity contribution in [3.63, 3.8) is 0 Å². The summed E-state index contributed by atoms with van der Waals surface area (Å²) in [5.41, 5.74) is 0.150. The SMILES string of the molecule is CCCCCOc1ccc(Nc2ncc(C(F)(F)F)c(Nc3cccc(Br)c3)n2)cc1. The number of halogens is 4. The molecule has 0 fully saturated rings. The third-order valence-electron chi connectivity index (χ3n) is 4.31. The number of hydrogen-bond acceptors (Lipinski definition) is 5. The molecular formula is C22H22BrF3N4O. The predicted octanol–water partition coefficient (Wildman–Crippen LogP) is 7.31. The van der Waals surface area contributed by atoms with Gasteiger partial charge in [0.25, 0.3) is 0 Å². The van der Waals surface area contributed by atoms with Gasteiger partial charge in [-0.3, -0.25) is 0 Å². The Balaban J connectivity index is 1.75. The monoisotopic (exact) mass is 494 g/mol. The topological polar surface area (TPSA) is 59.1 Å². The van der Waals surface area contributed by atoms with E-state index in [1.54, 1.807) is 48.5 Å². The minimum atomic E-state index is -4.59. The summed E-state index contributed by atoms with van der Waals surface area (Å²) in [6.45, 7) is 2.77. The number of benzene rings is 2. The molecule has 0 unspecified atom stereocenters. The molecule has 31 heavy (non-hydrogen) atoms. The van der Waals surface area contributed by atoms with Crippen LogP contribution in [-0.4, -0.2) is 16.6 Å². The molecule has 164 valence electrons. The van der Waals surface area contributed by atoms with Crippen LogP contribution >= 0.6 is 15.9 Å². The Morgan fingerprint density at radius 1 is 1.00 bits per heavy atom. The maximum absolute atomic E-state index is 13.4. The van der Waals surface area contributed by atoms with Crippen LogP contribution in [0.1, 0.15) is 31.7 Å². The van der Waals surface area contributed by atoms with Crippen molar-refractivity contribution in [2.75, 3.05) is 17.2 Å². The number of anilines is 4. The van der Waals surface area contributed by atoms with Gasteiger partial charge in [-0.05, 0) is 48.9 Å². The van der Waals surface area contributed by atoms with Gasteiger partial charge < -0.3 is 15.4 Å². The second kappa shape index (κ2) is 10.5. The molecular weight excluding hydrogens is 473 g/mol. The molecule has 0 saturated carbocycles. The molecule has 0 bridgehead atoms. The minimum Gasteiger partial charge on any atom is -0.494 e. The van der Waals surface area contributed by atoms with Crippen molar-refractivity contribution in [1.29, 1.82) is 0 Å². The van der Waals surface area contributed by atoms with E-state index in [0.29, 0.717) is 18.0 Å². The molecule has 3 aromatic rings. The van der Waals surface area contributed by atoms with Crippen molar-refractivity contribution in [3.05, 3.63) is 64.8 Å². The van der Waals surface area contributed by atoms with Crippen LogP contribution in [0.5, 0.6) is 5.75 Å². The number of alkyl halides is 3. The van der Waals surface area contributed by atoms with E-state index in [2.05, 4.69) is 43.5 Å². The summed E-state index contributed by atoms with van der Waals surface area (Å²) in [7, 11) is 0. The first-order valence-corrected chi connectivity index (χ1v) is 10.6. The van der Waals surface area contributed by atoms with E-state index >= 15 is 0 Å². The van der Waals surface area contributed by atoms with Crippen LogP contribution in [0.2, 0.25) is 0 Å². The lowest BCUT2D eigenvalue weighted by molar-refractivity contribution is -0.137. The Morgan fingerprint density at radius 3 is 2.45 bits per heavy atom. The number of nitrogens with zero attached hydrogens (tertiary/aromatic N) is 2. The standard InChI is InChI=1S/C22H22BrF3N4O/c1-2-3-4-12-31-18-10-8-16(9-11-18)29-21-27-14-19(22(24,25)26)20(30-21)28-17-7-5-6-15(23)13-17/h5-11,13-14H,2-4,12H2,1H3,(H2,27,28,29,30). The van der Waals surface area contributed by atoms with Gasteiger partial charge in [-0.25, -0.2) is 4.98 Å². The molecule has 2 N–H and O–H groups in total. The van der Waals surface area contributed by atoms with E-state index in [1.165, 1.54) is 0 Å². The number of rotatable bonds is 9. The Bertz CT molecular complexity index is 997. The molecule has 2 aromatic carbocycles. The molecule has 5 nitrogen and oxygen atoms in total. The van der Waals surface area contributed by atoms with Gasteiger partial charge in [-0.2, -0.15) is 18.2 Å². The van der Waals surface area contributed by atoms with Crippen LogP contribution in [0.25, 0.3) is 0 Å². The molecule has 0 saturated heterocycles. The number of unbranched alkanes of at least 4 members (excludes halogenated alkanes) is 2. The Morgan fingerprint density at radius 2 is 1.77 bits per heavy atom. The zero-order valence-electron chi connectivity index (χ0n) is 16.8. The molecule has 0 atom stereocenters. The summed E-state index contributed by atoms with van der Waals surface area (Å²) in [6.07, 6.45) is -0.604. The van der Waals surface area contributed by atoms with Crippen LogP contribution in [0.15, 0.2) is 59.2 Å². The van der Waals surface area contributed by atoms with Gasteiger partial charge in [0.15, 0.2) is 0 Å². The molecule has 0 aliphatic heterocycles. The lowest BCUT2D eigenvalue weighted by atomic mass is 10.2. The van der Waals surface area contributed by atoms with E-state index in [1.807, 2.05) is 0 Å². The number of nitrogens with one attached hydrogen (secondary N) is 2. The molecule has 0 aliphatic rings. The molecule has 9 heteroatoms. The molecule has 0 radical (unpaired) electrons. The van der Waals surface area contributed by atoms with Crippen molar-refractivity contribution in [2.24, 2.45) is 0 Å². The fraction of sp³-hybridized carbons (Fsp3) is 0.273. The summed E-state index contributed by atoms with van der Waals surface area (Å²) in [6, 6.07) is 13.9. The van der Waals surface area contributed by atoms with Crippen molar-refractivity contribution in [1.82, 2.24) is 9.97 Å². The number of ether oxygens (including phenoxy) is 1. The second-order valence-electron chi connectivity index (χ2n) is 6.79. The van der Waals surface area contributed by atoms with Gasteiger partial charge in [0.05, 0.1) is 6.61 Å². The van der Waals surface area contributed by atoms with Crippen LogP contribution < -0.4 is 15.4 Å². The van der Waals surface area contributed by atoms with Gasteiger partial charge in [0, 0.05) is 22.0 Å². The molecule has 0 spiro atoms. The largest absolute Gasteiger partial charge is 0.494 e. The van der Waals surface area contributed by atoms with Gasteiger partial charge in [-0.15, -0.1) is 0 Å². The molecule has 3 rings (SSSR count). The third-order valence-corrected chi connectivity index (χ3v) is 4.80. The number of aromatic nitrogens is 2. The van der Waals surface area contributed by atoms with Crippen LogP contribution in [0.3, 0.4) is 0 Å². The minimum absolute atomic E-state index is 0.0436. The maximum atomic E-state index is 13.4.